The van der Waals surface area contributed by atoms with Crippen molar-refractivity contribution in [2.45, 2.75) is 61.6 Å². The van der Waals surface area contributed by atoms with Gasteiger partial charge in [0.05, 0.1) is 62.3 Å². The normalized spacial score (nSPS) is 11.7. The Bertz CT molecular complexity index is 4790. The minimum absolute atomic E-state index is 0.0690. The minimum Gasteiger partial charge on any atom is -0.309 e. The van der Waals surface area contributed by atoms with E-state index in [9.17, 15) is 10.5 Å². The van der Waals surface area contributed by atoms with Crippen LogP contribution in [0, 0.1) is 78.1 Å². The lowest BCUT2D eigenvalue weighted by atomic mass is 9.92. The monoisotopic (exact) mass is 1090 g/mol. The highest BCUT2D eigenvalue weighted by atomic mass is 19.4. The second kappa shape index (κ2) is 20.3. The zero-order chi connectivity index (χ0) is 58.5. The first-order chi connectivity index (χ1) is 40.4. The van der Waals surface area contributed by atoms with Crippen molar-refractivity contribution >= 4 is 43.6 Å². The van der Waals surface area contributed by atoms with Crippen LogP contribution in [0.3, 0.4) is 0 Å². The number of hydrogen-bond donors (Lipinski definition) is 0. The predicted molar refractivity (Wildman–Crippen MR) is 340 cm³/mol. The second-order valence-corrected chi connectivity index (χ2v) is 22.8. The summed E-state index contributed by atoms with van der Waals surface area (Å²) in [4.78, 5) is 0. The molecule has 0 saturated heterocycles. The first kappa shape index (κ1) is 53.1. The van der Waals surface area contributed by atoms with Gasteiger partial charge in [-0.05, 0) is 224 Å². The second-order valence-electron chi connectivity index (χ2n) is 22.8. The quantitative estimate of drug-likeness (QED) is 0.152. The number of rotatable bonds is 8. The topological polar surface area (TPSA) is 57.4 Å². The van der Waals surface area contributed by atoms with Gasteiger partial charge in [0.2, 0.25) is 0 Å². The van der Waals surface area contributed by atoms with Gasteiger partial charge in [0, 0.05) is 32.7 Å². The molecule has 0 radical (unpaired) electrons. The van der Waals surface area contributed by atoms with Crippen LogP contribution >= 0.6 is 0 Å². The van der Waals surface area contributed by atoms with Crippen LogP contribution in [-0.2, 0) is 6.18 Å². The maximum absolute atomic E-state index is 15.4. The molecule has 0 atom stereocenters. The molecule has 0 bridgehead atoms. The van der Waals surface area contributed by atoms with Crippen LogP contribution in [0.5, 0.6) is 0 Å². The third-order valence-electron chi connectivity index (χ3n) is 17.0. The summed E-state index contributed by atoms with van der Waals surface area (Å²) in [6.07, 6.45) is -4.78. The van der Waals surface area contributed by atoms with E-state index in [0.717, 1.165) is 111 Å². The largest absolute Gasteiger partial charge is 0.417 e. The van der Waals surface area contributed by atoms with E-state index in [-0.39, 0.29) is 11.1 Å². The molecule has 13 rings (SSSR count). The first-order valence-corrected chi connectivity index (χ1v) is 28.2. The zero-order valence-electron chi connectivity index (χ0n) is 48.0. The van der Waals surface area contributed by atoms with Gasteiger partial charge in [-0.2, -0.15) is 23.7 Å². The summed E-state index contributed by atoms with van der Waals surface area (Å²) in [7, 11) is 0. The molecule has 0 N–H and O–H groups in total. The van der Waals surface area contributed by atoms with Crippen molar-refractivity contribution in [3.8, 4) is 90.3 Å². The van der Waals surface area contributed by atoms with Gasteiger partial charge in [-0.3, -0.25) is 0 Å². The molecule has 11 aromatic carbocycles. The standard InChI is InChI=1S/C77H57F3N4/c1-44-9-20-59(48(5)31-44)54-15-26-73-66(37-54)67-38-55(60-21-10-45(2)32-49(60)6)16-27-74(67)83(73)71-25-14-52(42-81)35-64(71)65-41-58(63-24-13-53(43-82)36-70(63)77(78,79)80)19-30-72(65)84-75-28-17-56(61-22-11-46(3)33-50(61)7)39-68(75)69-40-57(18-29-76(69)84)62-23-12-47(4)34-51(62)8/h9-41H,1-8H3. The van der Waals surface area contributed by atoms with Crippen molar-refractivity contribution in [3.05, 3.63) is 261 Å². The van der Waals surface area contributed by atoms with E-state index in [4.69, 9.17) is 0 Å². The average molecular weight is 1100 g/mol. The predicted octanol–water partition coefficient (Wildman–Crippen LogP) is 21.1. The third-order valence-corrected chi connectivity index (χ3v) is 17.0. The van der Waals surface area contributed by atoms with Crippen LogP contribution in [0.25, 0.3) is 122 Å². The maximum Gasteiger partial charge on any atom is 0.417 e. The molecule has 7 heteroatoms. The Morgan fingerprint density at radius 2 is 0.595 bits per heavy atom. The molecular formula is C77H57F3N4. The lowest BCUT2D eigenvalue weighted by Gasteiger charge is -2.21. The molecule has 0 spiro atoms. The van der Waals surface area contributed by atoms with Crippen molar-refractivity contribution < 1.29 is 13.2 Å². The Morgan fingerprint density at radius 1 is 0.298 bits per heavy atom. The zero-order valence-corrected chi connectivity index (χ0v) is 48.0. The Hall–Kier alpha value is -10.2. The van der Waals surface area contributed by atoms with Crippen molar-refractivity contribution in [3.63, 3.8) is 0 Å². The third kappa shape index (κ3) is 9.10. The molecular weight excluding hydrogens is 1040 g/mol. The number of aryl methyl sites for hydroxylation is 8. The Balaban J connectivity index is 1.14. The van der Waals surface area contributed by atoms with Gasteiger partial charge in [-0.1, -0.05) is 131 Å². The maximum atomic E-state index is 15.4. The Morgan fingerprint density at radius 3 is 0.940 bits per heavy atom. The highest BCUT2D eigenvalue weighted by molar-refractivity contribution is 6.14. The summed E-state index contributed by atoms with van der Waals surface area (Å²) in [6.45, 7) is 17.0. The number of halogens is 3. The van der Waals surface area contributed by atoms with Crippen LogP contribution in [0.15, 0.2) is 200 Å². The molecule has 0 unspecified atom stereocenters. The number of nitriles is 2. The van der Waals surface area contributed by atoms with Crippen molar-refractivity contribution in [1.82, 2.24) is 9.13 Å². The molecule has 4 nitrogen and oxygen atoms in total. The van der Waals surface area contributed by atoms with Gasteiger partial charge < -0.3 is 9.13 Å². The molecule has 0 aliphatic carbocycles. The minimum atomic E-state index is -4.78. The van der Waals surface area contributed by atoms with E-state index in [1.807, 2.05) is 36.4 Å². The Labute approximate surface area is 487 Å². The number of nitrogens with zero attached hydrogens (tertiary/aromatic N) is 4. The van der Waals surface area contributed by atoms with Crippen LogP contribution in [0.2, 0.25) is 0 Å². The van der Waals surface area contributed by atoms with Gasteiger partial charge in [-0.15, -0.1) is 0 Å². The first-order valence-electron chi connectivity index (χ1n) is 28.2. The fourth-order valence-electron chi connectivity index (χ4n) is 13.0. The van der Waals surface area contributed by atoms with E-state index in [1.165, 1.54) is 45.5 Å². The molecule has 13 aromatic rings. The number of hydrogen-bond acceptors (Lipinski definition) is 2. The lowest BCUT2D eigenvalue weighted by molar-refractivity contribution is -0.137. The van der Waals surface area contributed by atoms with Gasteiger partial charge in [-0.25, -0.2) is 0 Å². The Kier molecular flexibility index (Phi) is 12.9. The highest BCUT2D eigenvalue weighted by Crippen LogP contribution is 2.47. The summed E-state index contributed by atoms with van der Waals surface area (Å²) >= 11 is 0. The fourth-order valence-corrected chi connectivity index (χ4v) is 13.0. The molecule has 2 aromatic heterocycles. The van der Waals surface area contributed by atoms with Crippen LogP contribution < -0.4 is 0 Å². The van der Waals surface area contributed by atoms with Gasteiger partial charge in [0.15, 0.2) is 0 Å². The van der Waals surface area contributed by atoms with Crippen LogP contribution in [0.4, 0.5) is 13.2 Å². The van der Waals surface area contributed by atoms with Gasteiger partial charge in [0.25, 0.3) is 0 Å². The number of alkyl halides is 3. The van der Waals surface area contributed by atoms with E-state index >= 15 is 13.2 Å². The molecule has 84 heavy (non-hydrogen) atoms. The summed E-state index contributed by atoms with van der Waals surface area (Å²) in [5.74, 6) is 0. The van der Waals surface area contributed by atoms with Crippen molar-refractivity contribution in [2.75, 3.05) is 0 Å². The molecule has 0 amide bonds. The van der Waals surface area contributed by atoms with E-state index in [2.05, 4.69) is 216 Å². The smallest absolute Gasteiger partial charge is 0.309 e. The van der Waals surface area contributed by atoms with Crippen molar-refractivity contribution in [1.29, 1.82) is 10.5 Å². The van der Waals surface area contributed by atoms with Crippen LogP contribution in [0.1, 0.15) is 61.2 Å². The molecule has 0 saturated carbocycles. The van der Waals surface area contributed by atoms with Crippen LogP contribution in [-0.4, -0.2) is 9.13 Å². The SMILES string of the molecule is Cc1ccc(-c2ccc3c(c2)c2cc(-c4ccc(C)cc4C)ccc2n3-c2ccc(C#N)cc2-c2cc(-c3ccc(C#N)cc3C(F)(F)F)ccc2-n2c3ccc(-c4ccc(C)cc4C)cc3c3cc(-c4ccc(C)cc4C)ccc32)c(C)c1. The summed E-state index contributed by atoms with van der Waals surface area (Å²) < 4.78 is 50.6. The van der Waals surface area contributed by atoms with Crippen molar-refractivity contribution in [2.24, 2.45) is 0 Å². The average Bonchev–Trinajstić information content (AvgIpc) is 2.03. The fraction of sp³-hybridized carbons (Fsp3) is 0.117. The van der Waals surface area contributed by atoms with E-state index < -0.39 is 11.7 Å². The molecule has 0 aliphatic heterocycles. The number of benzene rings is 11. The number of fused-ring (bicyclic) bond motifs is 6. The van der Waals surface area contributed by atoms with Gasteiger partial charge >= 0.3 is 6.18 Å². The highest BCUT2D eigenvalue weighted by Gasteiger charge is 2.35. The molecule has 406 valence electrons. The van der Waals surface area contributed by atoms with E-state index in [0.29, 0.717) is 27.9 Å². The summed E-state index contributed by atoms with van der Waals surface area (Å²) in [5.41, 5.74) is 24.0. The summed E-state index contributed by atoms with van der Waals surface area (Å²) in [5, 5.41) is 24.8. The molecule has 0 fully saturated rings. The molecule has 0 aliphatic rings. The number of aromatic nitrogens is 2. The lowest BCUT2D eigenvalue weighted by Crippen LogP contribution is -2.08. The molecule has 2 heterocycles. The summed E-state index contributed by atoms with van der Waals surface area (Å²) in [6, 6.07) is 71.7. The van der Waals surface area contributed by atoms with Gasteiger partial charge in [0.1, 0.15) is 0 Å². The van der Waals surface area contributed by atoms with E-state index in [1.54, 1.807) is 6.07 Å².